The second-order valence-corrected chi connectivity index (χ2v) is 34.2. The summed E-state index contributed by atoms with van der Waals surface area (Å²) in [5, 5.41) is 47.6. The Morgan fingerprint density at radius 3 is 0.443 bits per heavy atom. The highest BCUT2D eigenvalue weighted by atomic mass is 16.5. The third-order valence-corrected chi connectivity index (χ3v) is 26.8. The molecule has 16 nitrogen and oxygen atoms in total. The lowest BCUT2D eigenvalue weighted by molar-refractivity contribution is -0.121. The van der Waals surface area contributed by atoms with E-state index >= 15 is 0 Å². The summed E-state index contributed by atoms with van der Waals surface area (Å²) in [4.78, 5) is 91.0. The molecule has 5 N–H and O–H groups in total. The molecule has 0 unspecified atom stereocenters. The number of ether oxygens (including phenoxy) is 3. The number of carboxylic acid groups (broad SMARTS) is 5. The van der Waals surface area contributed by atoms with Crippen LogP contribution in [-0.4, -0.2) is 74.8 Å². The van der Waals surface area contributed by atoms with Gasteiger partial charge in [0.25, 0.3) is 19.4 Å². The Morgan fingerprint density at radius 1 is 0.191 bits per heavy atom. The molecule has 640 valence electrons. The smallest absolute Gasteiger partial charge is 0.335 e. The van der Waals surface area contributed by atoms with Crippen molar-refractivity contribution >= 4 is 49.3 Å². The molecule has 0 saturated heterocycles. The third kappa shape index (κ3) is 16.9. The predicted octanol–water partition coefficient (Wildman–Crippen LogP) is 24.6. The number of hydrogen-bond donors (Lipinski definition) is 5. The zero-order valence-electron chi connectivity index (χ0n) is 70.7. The van der Waals surface area contributed by atoms with E-state index in [1.807, 2.05) is 121 Å². The Kier molecular flexibility index (Phi) is 23.1. The van der Waals surface area contributed by atoms with Gasteiger partial charge in [0.1, 0.15) is 17.2 Å². The van der Waals surface area contributed by atoms with Gasteiger partial charge >= 0.3 is 29.8 Å². The number of aromatic carboxylic acids is 5. The molecule has 4 aliphatic rings. The number of carbonyl (C=O) groups excluding carboxylic acids is 3. The standard InChI is InChI=1S/C62H48O8.C53H36O8/c63-39-69-55-29-17-47(18-30-55)45-13-25-53(26-14-45)61-34-59(51-21-9-43(10-22-51)41-1-5-49(6-2-41)57(65)66)33-60(36-61,52-23-11-44(12-24-52)42-3-7-50(8-4-42)58(67)68)37-62(35-59,38-61)54-27-15-46(16-28-54)48-19-31-56(32-20-48)70-40-64;54-33-61-49-31-21-41(22-32-49)40-19-29-48(30-20-40)53(45-23-13-37(14-24-45)34-1-7-42(8-2-34)50(55)56,46-25-15-38(16-26-46)35-3-9-43(10-4-35)51(57)58)47-27-17-39(18-28-47)36-5-11-44(12-6-36)52(59)60/h1-32,39-40H,33-38H2,(H,65,66)(H,67,68);1-33H,(H,55,56)(H,57,58)(H,59,60). The highest BCUT2D eigenvalue weighted by Gasteiger charge is 2.69. The summed E-state index contributed by atoms with van der Waals surface area (Å²) < 4.78 is 15.2. The molecule has 0 spiro atoms. The molecule has 0 atom stereocenters. The molecule has 4 fully saturated rings. The Labute approximate surface area is 755 Å². The number of carboxylic acids is 5. The van der Waals surface area contributed by atoms with Gasteiger partial charge in [0.05, 0.1) is 33.2 Å². The number of hydrogen-bond acceptors (Lipinski definition) is 11. The lowest BCUT2D eigenvalue weighted by Gasteiger charge is -2.71. The van der Waals surface area contributed by atoms with E-state index in [4.69, 9.17) is 14.2 Å². The third-order valence-electron chi connectivity index (χ3n) is 26.8. The molecule has 0 radical (unpaired) electrons. The van der Waals surface area contributed by atoms with Crippen molar-refractivity contribution in [3.8, 4) is 106 Å². The molecule has 16 aromatic carbocycles. The van der Waals surface area contributed by atoms with Crippen LogP contribution in [0.2, 0.25) is 0 Å². The van der Waals surface area contributed by atoms with Crippen LogP contribution >= 0.6 is 0 Å². The van der Waals surface area contributed by atoms with Crippen LogP contribution in [0.4, 0.5) is 0 Å². The summed E-state index contributed by atoms with van der Waals surface area (Å²) in [5.41, 5.74) is 23.8. The van der Waals surface area contributed by atoms with Crippen LogP contribution in [0.25, 0.3) is 89.0 Å². The van der Waals surface area contributed by atoms with E-state index in [-0.39, 0.29) is 49.5 Å². The van der Waals surface area contributed by atoms with Crippen molar-refractivity contribution in [2.45, 2.75) is 65.6 Å². The molecule has 131 heavy (non-hydrogen) atoms. The van der Waals surface area contributed by atoms with Crippen LogP contribution in [0, 0.1) is 0 Å². The molecule has 16 aromatic rings. The average Bonchev–Trinajstić information content (AvgIpc) is 0.662. The fourth-order valence-corrected chi connectivity index (χ4v) is 20.9. The van der Waals surface area contributed by atoms with E-state index in [2.05, 4.69) is 158 Å². The monoisotopic (exact) mass is 1720 g/mol. The number of rotatable bonds is 27. The van der Waals surface area contributed by atoms with Gasteiger partial charge in [-0.1, -0.05) is 291 Å². The molecule has 4 saturated carbocycles. The summed E-state index contributed by atoms with van der Waals surface area (Å²) in [6.07, 6.45) is 5.80. The van der Waals surface area contributed by atoms with Crippen LogP contribution in [0.5, 0.6) is 17.2 Å². The SMILES string of the molecule is O=COc1ccc(-c2ccc(C(c3ccc(-c4ccc(C(=O)O)cc4)cc3)(c3ccc(-c4ccc(C(=O)O)cc4)cc3)c3ccc(-c4ccc(C(=O)O)cc4)cc3)cc2)cc1.O=COc1ccc(-c2ccc(C34CC5(c6ccc(-c7ccc(OC=O)cc7)cc6)CC(c6ccc(-c7ccc(C(=O)O)cc7)cc6)(C3)CC(c3ccc(-c6ccc(C(=O)O)cc6)cc3)(C4)C5)cc2)cc1. The first-order chi connectivity index (χ1) is 63.6. The van der Waals surface area contributed by atoms with Gasteiger partial charge < -0.3 is 39.7 Å². The fourth-order valence-electron chi connectivity index (χ4n) is 20.9. The summed E-state index contributed by atoms with van der Waals surface area (Å²) in [5.74, 6) is -3.45. The number of carbonyl (C=O) groups is 8. The van der Waals surface area contributed by atoms with Crippen LogP contribution in [0.3, 0.4) is 0 Å². The predicted molar refractivity (Wildman–Crippen MR) is 503 cm³/mol. The molecule has 4 aliphatic carbocycles. The van der Waals surface area contributed by atoms with Crippen molar-refractivity contribution in [2.75, 3.05) is 0 Å². The molecule has 0 aromatic heterocycles. The number of benzene rings is 16. The zero-order chi connectivity index (χ0) is 90.6. The maximum atomic E-state index is 11.7. The van der Waals surface area contributed by atoms with Crippen LogP contribution in [-0.2, 0) is 41.5 Å². The molecule has 0 aliphatic heterocycles. The summed E-state index contributed by atoms with van der Waals surface area (Å²) in [7, 11) is 0. The largest absolute Gasteiger partial charge is 0.478 e. The zero-order valence-corrected chi connectivity index (χ0v) is 70.7. The first kappa shape index (κ1) is 85.1. The highest BCUT2D eigenvalue weighted by molar-refractivity contribution is 5.92. The molecule has 20 rings (SSSR count). The second-order valence-electron chi connectivity index (χ2n) is 34.2. The first-order valence-corrected chi connectivity index (χ1v) is 42.8. The quantitative estimate of drug-likeness (QED) is 0.0237. The van der Waals surface area contributed by atoms with E-state index in [1.54, 1.807) is 109 Å². The Hall–Kier alpha value is -16.7. The molecule has 16 heteroatoms. The van der Waals surface area contributed by atoms with E-state index < -0.39 is 35.3 Å². The van der Waals surface area contributed by atoms with Crippen LogP contribution in [0.15, 0.2) is 388 Å². The van der Waals surface area contributed by atoms with Crippen molar-refractivity contribution in [1.82, 2.24) is 0 Å². The first-order valence-electron chi connectivity index (χ1n) is 42.8. The maximum Gasteiger partial charge on any atom is 0.335 e. The molecule has 4 bridgehead atoms. The highest BCUT2D eigenvalue weighted by Crippen LogP contribution is 2.75. The Bertz CT molecular complexity index is 6470. The molecule has 0 amide bonds. The van der Waals surface area contributed by atoms with E-state index in [9.17, 15) is 63.9 Å². The van der Waals surface area contributed by atoms with Gasteiger partial charge in [-0.25, -0.2) is 24.0 Å². The van der Waals surface area contributed by atoms with Crippen molar-refractivity contribution in [2.24, 2.45) is 0 Å². The van der Waals surface area contributed by atoms with Gasteiger partial charge in [0, 0.05) is 0 Å². The topological polar surface area (TPSA) is 265 Å². The van der Waals surface area contributed by atoms with Crippen molar-refractivity contribution in [3.05, 3.63) is 461 Å². The van der Waals surface area contributed by atoms with Crippen molar-refractivity contribution in [1.29, 1.82) is 0 Å². The Balaban J connectivity index is 0.000000178. The molecule has 0 heterocycles. The van der Waals surface area contributed by atoms with Crippen LogP contribution < -0.4 is 14.2 Å². The fraction of sp³-hybridized carbons (Fsp3) is 0.0957. The normalized spacial score (nSPS) is 16.9. The Morgan fingerprint density at radius 2 is 0.313 bits per heavy atom. The summed E-state index contributed by atoms with van der Waals surface area (Å²) in [6, 6.07) is 126. The van der Waals surface area contributed by atoms with E-state index in [1.165, 1.54) is 22.3 Å². The summed E-state index contributed by atoms with van der Waals surface area (Å²) >= 11 is 0. The second kappa shape index (κ2) is 35.6. The van der Waals surface area contributed by atoms with E-state index in [0.29, 0.717) is 36.7 Å². The van der Waals surface area contributed by atoms with Gasteiger partial charge in [0.15, 0.2) is 0 Å². The minimum Gasteiger partial charge on any atom is -0.478 e. The maximum absolute atomic E-state index is 11.7. The van der Waals surface area contributed by atoms with E-state index in [0.717, 1.165) is 150 Å². The minimum absolute atomic E-state index is 0.204. The van der Waals surface area contributed by atoms with Gasteiger partial charge in [-0.2, -0.15) is 0 Å². The minimum atomic E-state index is -0.992. The lowest BCUT2D eigenvalue weighted by atomic mass is 9.32. The van der Waals surface area contributed by atoms with Crippen LogP contribution in [0.1, 0.15) is 135 Å². The van der Waals surface area contributed by atoms with Gasteiger partial charge in [-0.15, -0.1) is 0 Å². The van der Waals surface area contributed by atoms with Gasteiger partial charge in [-0.3, -0.25) is 14.4 Å². The van der Waals surface area contributed by atoms with Crippen molar-refractivity contribution < 1.29 is 78.1 Å². The molecular formula is C115H84O16. The average molecular weight is 1720 g/mol. The van der Waals surface area contributed by atoms with Gasteiger partial charge in [0.2, 0.25) is 0 Å². The molecular weight excluding hydrogens is 1640 g/mol. The van der Waals surface area contributed by atoms with Crippen molar-refractivity contribution in [3.63, 3.8) is 0 Å². The lowest BCUT2D eigenvalue weighted by Crippen LogP contribution is -2.67. The summed E-state index contributed by atoms with van der Waals surface area (Å²) in [6.45, 7) is 1.27. The van der Waals surface area contributed by atoms with Gasteiger partial charge in [-0.05, 0) is 291 Å².